The third-order valence-corrected chi connectivity index (χ3v) is 10.6. The van der Waals surface area contributed by atoms with Gasteiger partial charge in [-0.15, -0.1) is 0 Å². The molecule has 0 fully saturated rings. The van der Waals surface area contributed by atoms with Crippen molar-refractivity contribution in [3.63, 3.8) is 0 Å². The molecule has 6 N–H and O–H groups in total. The number of carbonyl (C=O) groups excluding carboxylic acids is 2. The van der Waals surface area contributed by atoms with Crippen LogP contribution in [-0.4, -0.2) is 57.0 Å². The normalized spacial score (nSPS) is 16.2. The predicted molar refractivity (Wildman–Crippen MR) is 207 cm³/mol. The summed E-state index contributed by atoms with van der Waals surface area (Å²) in [6.07, 6.45) is 0.677. The van der Waals surface area contributed by atoms with E-state index in [1.807, 2.05) is 12.1 Å². The van der Waals surface area contributed by atoms with Crippen LogP contribution in [0.5, 0.6) is 34.5 Å². The fraction of sp³-hybridized carbons (Fsp3) is 0.176. The van der Waals surface area contributed by atoms with Crippen LogP contribution in [0.25, 0.3) is 0 Å². The summed E-state index contributed by atoms with van der Waals surface area (Å²) in [5.41, 5.74) is 2.39. The van der Waals surface area contributed by atoms with Gasteiger partial charge < -0.3 is 40.7 Å². The fourth-order valence-corrected chi connectivity index (χ4v) is 7.96. The Kier molecular flexibility index (Phi) is 13.1. The highest BCUT2D eigenvalue weighted by atomic mass is 79.9. The molecule has 0 radical (unpaired) electrons. The van der Waals surface area contributed by atoms with Gasteiger partial charge in [0, 0.05) is 25.9 Å². The standard InChI is InChI=1S/C34H27Br5N4O8/c35-20-7-16-1-2-27(20)50-28-14-17(8-21(36)30(28)44)4-6-41-33(46)25(42-48)12-18-10-23(38)32(24(39)11-18)51-29-15-19(9-22(37)31(29)45)13-26(43-49)34(47)40-5-3-16/h1-2,7-11,14-15,44-45,48-49H,3-6,12-13H2,(H,40,47)(H,41,46). The van der Waals surface area contributed by atoms with Gasteiger partial charge in [-0.25, -0.2) is 0 Å². The second-order valence-electron chi connectivity index (χ2n) is 11.2. The molecule has 8 bridgehead atoms. The number of amides is 2. The number of ether oxygens (including phenoxy) is 2. The molecule has 4 aliphatic heterocycles. The van der Waals surface area contributed by atoms with Gasteiger partial charge in [-0.1, -0.05) is 16.4 Å². The van der Waals surface area contributed by atoms with Gasteiger partial charge in [0.2, 0.25) is 0 Å². The molecule has 0 saturated heterocycles. The minimum absolute atomic E-state index is 0.0339. The molecule has 0 aromatic heterocycles. The quantitative estimate of drug-likeness (QED) is 0.0752. The Hall–Kier alpha value is -3.64. The van der Waals surface area contributed by atoms with Crippen LogP contribution in [0, 0.1) is 0 Å². The Morgan fingerprint density at radius 1 is 0.549 bits per heavy atom. The largest absolute Gasteiger partial charge is 0.503 e. The van der Waals surface area contributed by atoms with Crippen molar-refractivity contribution in [2.24, 2.45) is 10.3 Å². The Balaban J connectivity index is 1.47. The van der Waals surface area contributed by atoms with Gasteiger partial charge in [0.25, 0.3) is 11.8 Å². The zero-order chi connectivity index (χ0) is 36.8. The number of phenols is 2. The Bertz CT molecular complexity index is 2050. The number of halogens is 5. The fourth-order valence-electron chi connectivity index (χ4n) is 5.03. The predicted octanol–water partition coefficient (Wildman–Crippen LogP) is 8.27. The van der Waals surface area contributed by atoms with Gasteiger partial charge in [0.15, 0.2) is 28.7 Å². The van der Waals surface area contributed by atoms with Crippen molar-refractivity contribution >= 4 is 103 Å². The number of nitrogens with one attached hydrogen (secondary N) is 2. The number of aromatic hydroxyl groups is 2. The summed E-state index contributed by atoms with van der Waals surface area (Å²) in [6, 6.07) is 15.2. The van der Waals surface area contributed by atoms with Crippen LogP contribution in [0.3, 0.4) is 0 Å². The first-order valence-corrected chi connectivity index (χ1v) is 19.0. The number of benzene rings is 4. The molecule has 4 aromatic carbocycles. The highest BCUT2D eigenvalue weighted by Crippen LogP contribution is 2.44. The van der Waals surface area contributed by atoms with E-state index in [4.69, 9.17) is 9.47 Å². The summed E-state index contributed by atoms with van der Waals surface area (Å²) < 4.78 is 14.3. The molecule has 0 saturated carbocycles. The average Bonchev–Trinajstić information content (AvgIpc) is 3.08. The number of carbonyl (C=O) groups is 2. The SMILES string of the molecule is O=C1NCCc2cc(Br)c(O)c(c2)Oc2ccc(cc2Br)CCNC(=O)C(=NO)Cc2cc(Br)c(O)c(c2)Oc2c(Br)cc(cc2Br)CC1=NO. The maximum atomic E-state index is 13.0. The topological polar surface area (TPSA) is 182 Å². The molecule has 266 valence electrons. The number of hydrogen-bond donors (Lipinski definition) is 6. The molecule has 4 heterocycles. The van der Waals surface area contributed by atoms with Crippen molar-refractivity contribution in [2.75, 3.05) is 13.1 Å². The maximum absolute atomic E-state index is 13.0. The lowest BCUT2D eigenvalue weighted by molar-refractivity contribution is -0.115. The van der Waals surface area contributed by atoms with E-state index < -0.39 is 11.8 Å². The van der Waals surface area contributed by atoms with Gasteiger partial charge in [0.05, 0.1) is 22.4 Å². The maximum Gasteiger partial charge on any atom is 0.269 e. The summed E-state index contributed by atoms with van der Waals surface area (Å²) in [7, 11) is 0. The highest BCUT2D eigenvalue weighted by molar-refractivity contribution is 9.11. The zero-order valence-electron chi connectivity index (χ0n) is 26.1. The Morgan fingerprint density at radius 3 is 1.55 bits per heavy atom. The molecule has 0 aliphatic carbocycles. The van der Waals surface area contributed by atoms with Gasteiger partial charge >= 0.3 is 0 Å². The summed E-state index contributed by atoms with van der Waals surface area (Å²) in [5, 5.41) is 52.9. The van der Waals surface area contributed by atoms with E-state index in [-0.39, 0.29) is 70.6 Å². The number of rotatable bonds is 0. The molecule has 12 nitrogen and oxygen atoms in total. The third kappa shape index (κ3) is 9.62. The lowest BCUT2D eigenvalue weighted by Crippen LogP contribution is -2.33. The minimum atomic E-state index is -0.585. The number of hydrogen-bond acceptors (Lipinski definition) is 10. The molecule has 2 amide bonds. The van der Waals surface area contributed by atoms with Crippen LogP contribution in [-0.2, 0) is 35.3 Å². The van der Waals surface area contributed by atoms with Crippen molar-refractivity contribution in [3.05, 3.63) is 99.2 Å². The van der Waals surface area contributed by atoms with Crippen molar-refractivity contribution in [2.45, 2.75) is 25.7 Å². The molecular formula is C34H27Br5N4O8. The summed E-state index contributed by atoms with van der Waals surface area (Å²) in [5.74, 6) is -0.543. The second-order valence-corrected chi connectivity index (χ2v) is 15.4. The van der Waals surface area contributed by atoms with Crippen molar-refractivity contribution in [1.29, 1.82) is 0 Å². The zero-order valence-corrected chi connectivity index (χ0v) is 34.1. The number of nitrogens with zero attached hydrogens (tertiary/aromatic N) is 2. The van der Waals surface area contributed by atoms with E-state index >= 15 is 0 Å². The molecule has 17 heteroatoms. The first-order valence-electron chi connectivity index (χ1n) is 15.0. The van der Waals surface area contributed by atoms with E-state index in [1.165, 1.54) is 6.07 Å². The van der Waals surface area contributed by atoms with Crippen LogP contribution >= 0.6 is 79.6 Å². The summed E-state index contributed by atoms with van der Waals surface area (Å²) in [6.45, 7) is 0.418. The Morgan fingerprint density at radius 2 is 1.00 bits per heavy atom. The molecule has 4 aromatic rings. The van der Waals surface area contributed by atoms with E-state index in [2.05, 4.69) is 101 Å². The third-order valence-electron chi connectivity index (χ3n) is 7.57. The minimum Gasteiger partial charge on any atom is -0.503 e. The van der Waals surface area contributed by atoms with Crippen LogP contribution in [0.1, 0.15) is 22.3 Å². The van der Waals surface area contributed by atoms with E-state index in [0.717, 1.165) is 11.1 Å². The lowest BCUT2D eigenvalue weighted by Gasteiger charge is -2.16. The lowest BCUT2D eigenvalue weighted by atomic mass is 10.1. The highest BCUT2D eigenvalue weighted by Gasteiger charge is 2.21. The van der Waals surface area contributed by atoms with Crippen molar-refractivity contribution in [1.82, 2.24) is 10.6 Å². The smallest absolute Gasteiger partial charge is 0.269 e. The number of phenolic OH excluding ortho intramolecular Hbond substituents is 2. The Labute approximate surface area is 333 Å². The number of oxime groups is 2. The molecule has 4 aliphatic rings. The van der Waals surface area contributed by atoms with Crippen LogP contribution < -0.4 is 20.1 Å². The molecular weight excluding hydrogens is 992 g/mol. The molecule has 0 spiro atoms. The second kappa shape index (κ2) is 17.3. The first kappa shape index (κ1) is 38.6. The van der Waals surface area contributed by atoms with E-state index in [1.54, 1.807) is 36.4 Å². The van der Waals surface area contributed by atoms with Gasteiger partial charge in [-0.2, -0.15) is 0 Å². The molecule has 51 heavy (non-hydrogen) atoms. The first-order chi connectivity index (χ1) is 24.4. The van der Waals surface area contributed by atoms with E-state index in [9.17, 15) is 30.2 Å². The van der Waals surface area contributed by atoms with Gasteiger partial charge in [-0.05, 0) is 163 Å². The van der Waals surface area contributed by atoms with Crippen LogP contribution in [0.15, 0.2) is 87.3 Å². The van der Waals surface area contributed by atoms with Gasteiger partial charge in [-0.3, -0.25) is 9.59 Å². The molecule has 0 unspecified atom stereocenters. The summed E-state index contributed by atoms with van der Waals surface area (Å²) in [4.78, 5) is 26.0. The average molecular weight is 1020 g/mol. The monoisotopic (exact) mass is 1010 g/mol. The summed E-state index contributed by atoms with van der Waals surface area (Å²) >= 11 is 17.2. The van der Waals surface area contributed by atoms with E-state index in [0.29, 0.717) is 47.6 Å². The van der Waals surface area contributed by atoms with Crippen LogP contribution in [0.4, 0.5) is 0 Å². The van der Waals surface area contributed by atoms with Crippen molar-refractivity contribution in [3.8, 4) is 34.5 Å². The van der Waals surface area contributed by atoms with Gasteiger partial charge in [0.1, 0.15) is 17.2 Å². The van der Waals surface area contributed by atoms with Crippen molar-refractivity contribution < 1.29 is 39.7 Å². The van der Waals surface area contributed by atoms with Crippen LogP contribution in [0.2, 0.25) is 0 Å². The molecule has 0 atom stereocenters. The molecule has 8 rings (SSSR count).